The Balaban J connectivity index is 1.57. The number of benzene rings is 2. The van der Waals surface area contributed by atoms with Crippen molar-refractivity contribution in [2.45, 2.75) is 45.3 Å². The summed E-state index contributed by atoms with van der Waals surface area (Å²) in [5.41, 5.74) is 0.141. The second kappa shape index (κ2) is 14.1. The Morgan fingerprint density at radius 1 is 1.24 bits per heavy atom. The van der Waals surface area contributed by atoms with Gasteiger partial charge in [0.15, 0.2) is 11.5 Å². The second-order valence-electron chi connectivity index (χ2n) is 10.4. The highest BCUT2D eigenvalue weighted by molar-refractivity contribution is 6.31. The SMILES string of the molecule is CCOC(=O)CN(CCOc1cc2c(Nc3ccc(F)c(Cl)c3)ncnc2cc1OCC1CCCO1)CC(C)(C)O. The topological polar surface area (TPSA) is 115 Å². The molecule has 0 bridgehead atoms. The van der Waals surface area contributed by atoms with Crippen molar-refractivity contribution in [3.63, 3.8) is 0 Å². The molecule has 0 aliphatic carbocycles. The third-order valence-corrected chi connectivity index (χ3v) is 6.56. The first-order valence-electron chi connectivity index (χ1n) is 13.6. The minimum atomic E-state index is -1.02. The van der Waals surface area contributed by atoms with E-state index in [9.17, 15) is 14.3 Å². The summed E-state index contributed by atoms with van der Waals surface area (Å²) in [6.45, 7) is 7.25. The van der Waals surface area contributed by atoms with Crippen molar-refractivity contribution in [2.24, 2.45) is 0 Å². The van der Waals surface area contributed by atoms with E-state index in [1.54, 1.807) is 43.9 Å². The number of nitrogens with zero attached hydrogens (tertiary/aromatic N) is 3. The quantitative estimate of drug-likeness (QED) is 0.255. The number of ether oxygens (including phenoxy) is 4. The smallest absolute Gasteiger partial charge is 0.320 e. The summed E-state index contributed by atoms with van der Waals surface area (Å²) in [7, 11) is 0. The van der Waals surface area contributed by atoms with Crippen LogP contribution in [0.3, 0.4) is 0 Å². The van der Waals surface area contributed by atoms with E-state index in [1.807, 2.05) is 0 Å². The lowest BCUT2D eigenvalue weighted by atomic mass is 10.1. The molecule has 1 fully saturated rings. The van der Waals surface area contributed by atoms with Gasteiger partial charge in [-0.25, -0.2) is 14.4 Å². The highest BCUT2D eigenvalue weighted by atomic mass is 35.5. The van der Waals surface area contributed by atoms with Gasteiger partial charge in [-0.1, -0.05) is 11.6 Å². The van der Waals surface area contributed by atoms with Crippen LogP contribution in [-0.2, 0) is 14.3 Å². The molecule has 1 aromatic heterocycles. The number of carbonyl (C=O) groups excluding carboxylic acids is 1. The van der Waals surface area contributed by atoms with E-state index in [4.69, 9.17) is 30.5 Å². The Morgan fingerprint density at radius 3 is 2.76 bits per heavy atom. The Kier molecular flexibility index (Phi) is 10.5. The molecular formula is C29H36ClFN4O6. The van der Waals surface area contributed by atoms with E-state index in [0.717, 1.165) is 12.8 Å². The first-order chi connectivity index (χ1) is 19.6. The molecule has 222 valence electrons. The van der Waals surface area contributed by atoms with Crippen LogP contribution in [0.5, 0.6) is 11.5 Å². The van der Waals surface area contributed by atoms with Gasteiger partial charge in [0.1, 0.15) is 31.2 Å². The number of halogens is 2. The number of aromatic nitrogens is 2. The van der Waals surface area contributed by atoms with Crippen LogP contribution in [0.4, 0.5) is 15.9 Å². The lowest BCUT2D eigenvalue weighted by molar-refractivity contribution is -0.145. The van der Waals surface area contributed by atoms with Gasteiger partial charge in [0.2, 0.25) is 0 Å². The third kappa shape index (κ3) is 9.12. The summed E-state index contributed by atoms with van der Waals surface area (Å²) >= 11 is 5.96. The van der Waals surface area contributed by atoms with E-state index in [-0.39, 0.29) is 43.4 Å². The lowest BCUT2D eigenvalue weighted by Gasteiger charge is -2.28. The second-order valence-corrected chi connectivity index (χ2v) is 10.8. The van der Waals surface area contributed by atoms with Crippen LogP contribution in [-0.4, -0.2) is 83.7 Å². The van der Waals surface area contributed by atoms with E-state index < -0.39 is 11.4 Å². The van der Waals surface area contributed by atoms with Gasteiger partial charge in [0.05, 0.1) is 35.4 Å². The minimum Gasteiger partial charge on any atom is -0.488 e. The maximum Gasteiger partial charge on any atom is 0.320 e. The molecule has 2 N–H and O–H groups in total. The number of hydrogen-bond acceptors (Lipinski definition) is 10. The first-order valence-corrected chi connectivity index (χ1v) is 14.0. The number of hydrogen-bond donors (Lipinski definition) is 2. The molecule has 1 saturated heterocycles. The van der Waals surface area contributed by atoms with Crippen LogP contribution in [0.2, 0.25) is 5.02 Å². The molecule has 1 aliphatic heterocycles. The van der Waals surface area contributed by atoms with Gasteiger partial charge in [0, 0.05) is 36.8 Å². The lowest BCUT2D eigenvalue weighted by Crippen LogP contribution is -2.43. The summed E-state index contributed by atoms with van der Waals surface area (Å²) in [4.78, 5) is 22.7. The summed E-state index contributed by atoms with van der Waals surface area (Å²) < 4.78 is 36.8. The van der Waals surface area contributed by atoms with Crippen LogP contribution >= 0.6 is 11.6 Å². The maximum atomic E-state index is 13.7. The molecule has 0 amide bonds. The zero-order valence-electron chi connectivity index (χ0n) is 23.5. The number of aliphatic hydroxyl groups is 1. The largest absolute Gasteiger partial charge is 0.488 e. The van der Waals surface area contributed by atoms with Crippen LogP contribution in [0.1, 0.15) is 33.6 Å². The van der Waals surface area contributed by atoms with Crippen molar-refractivity contribution >= 4 is 40.0 Å². The van der Waals surface area contributed by atoms with Gasteiger partial charge in [0.25, 0.3) is 0 Å². The summed E-state index contributed by atoms with van der Waals surface area (Å²) in [6, 6.07) is 7.86. The highest BCUT2D eigenvalue weighted by Crippen LogP contribution is 2.36. The molecule has 2 aromatic carbocycles. The standard InChI is InChI=1S/C29H36ClFN4O6/c1-4-38-27(36)15-35(17-29(2,3)37)9-11-40-25-13-21-24(14-26(25)41-16-20-6-5-10-39-20)32-18-33-28(21)34-19-7-8-23(31)22(30)12-19/h7-8,12-14,18,20,37H,4-6,9-11,15-17H2,1-3H3,(H,32,33,34). The number of rotatable bonds is 14. The number of nitrogens with one attached hydrogen (secondary N) is 1. The molecule has 0 radical (unpaired) electrons. The molecule has 1 unspecified atom stereocenters. The Hall–Kier alpha value is -3.25. The van der Waals surface area contributed by atoms with E-state index in [0.29, 0.717) is 53.7 Å². The average Bonchev–Trinajstić information content (AvgIpc) is 3.43. The monoisotopic (exact) mass is 590 g/mol. The Morgan fingerprint density at radius 2 is 2.05 bits per heavy atom. The van der Waals surface area contributed by atoms with E-state index in [1.165, 1.54) is 18.5 Å². The molecule has 3 aromatic rings. The molecule has 0 saturated carbocycles. The summed E-state index contributed by atoms with van der Waals surface area (Å²) in [5.74, 6) is 0.512. The normalized spacial score (nSPS) is 15.3. The van der Waals surface area contributed by atoms with Crippen LogP contribution in [0.25, 0.3) is 10.9 Å². The van der Waals surface area contributed by atoms with E-state index >= 15 is 0 Å². The first kappa shape index (κ1) is 30.7. The highest BCUT2D eigenvalue weighted by Gasteiger charge is 2.22. The maximum absolute atomic E-state index is 13.7. The minimum absolute atomic E-state index is 0.00347. The number of fused-ring (bicyclic) bond motifs is 1. The van der Waals surface area contributed by atoms with Gasteiger partial charge in [-0.05, 0) is 57.9 Å². The molecule has 12 heteroatoms. The van der Waals surface area contributed by atoms with Gasteiger partial charge >= 0.3 is 5.97 Å². The molecular weight excluding hydrogens is 555 g/mol. The third-order valence-electron chi connectivity index (χ3n) is 6.27. The fourth-order valence-corrected chi connectivity index (χ4v) is 4.67. The summed E-state index contributed by atoms with van der Waals surface area (Å²) in [5, 5.41) is 14.1. The van der Waals surface area contributed by atoms with Crippen molar-refractivity contribution in [2.75, 3.05) is 51.4 Å². The van der Waals surface area contributed by atoms with Crippen LogP contribution in [0.15, 0.2) is 36.7 Å². The molecule has 4 rings (SSSR count). The van der Waals surface area contributed by atoms with Crippen molar-refractivity contribution in [1.29, 1.82) is 0 Å². The van der Waals surface area contributed by atoms with Crippen molar-refractivity contribution in [3.8, 4) is 11.5 Å². The van der Waals surface area contributed by atoms with E-state index in [2.05, 4.69) is 15.3 Å². The Bertz CT molecular complexity index is 1330. The zero-order chi connectivity index (χ0) is 29.4. The number of anilines is 2. The predicted octanol–water partition coefficient (Wildman–Crippen LogP) is 4.74. The molecule has 2 heterocycles. The van der Waals surface area contributed by atoms with Gasteiger partial charge in [-0.2, -0.15) is 0 Å². The van der Waals surface area contributed by atoms with Crippen molar-refractivity contribution in [1.82, 2.24) is 14.9 Å². The average molecular weight is 591 g/mol. The van der Waals surface area contributed by atoms with Gasteiger partial charge in [-0.15, -0.1) is 0 Å². The molecule has 41 heavy (non-hydrogen) atoms. The number of carbonyl (C=O) groups is 1. The van der Waals surface area contributed by atoms with Crippen molar-refractivity contribution in [3.05, 3.63) is 47.5 Å². The van der Waals surface area contributed by atoms with Crippen LogP contribution in [0, 0.1) is 5.82 Å². The Labute approximate surface area is 243 Å². The summed E-state index contributed by atoms with van der Waals surface area (Å²) in [6.07, 6.45) is 3.32. The van der Waals surface area contributed by atoms with Gasteiger partial charge in [-0.3, -0.25) is 9.69 Å². The van der Waals surface area contributed by atoms with Crippen molar-refractivity contribution < 1.29 is 33.2 Å². The fraction of sp³-hybridized carbons (Fsp3) is 0.483. The van der Waals surface area contributed by atoms with Crippen LogP contribution < -0.4 is 14.8 Å². The fourth-order valence-electron chi connectivity index (χ4n) is 4.49. The molecule has 1 atom stereocenters. The molecule has 0 spiro atoms. The zero-order valence-corrected chi connectivity index (χ0v) is 24.2. The van der Waals surface area contributed by atoms with Gasteiger partial charge < -0.3 is 29.4 Å². The molecule has 10 nitrogen and oxygen atoms in total. The number of esters is 1. The predicted molar refractivity (Wildman–Crippen MR) is 154 cm³/mol. The molecule has 1 aliphatic rings.